The van der Waals surface area contributed by atoms with Crippen LogP contribution in [0.2, 0.25) is 0 Å². The van der Waals surface area contributed by atoms with Crippen LogP contribution in [0.1, 0.15) is 0 Å². The quantitative estimate of drug-likeness (QED) is 0.614. The second kappa shape index (κ2) is 3.09. The monoisotopic (exact) mass is 217 g/mol. The van der Waals surface area contributed by atoms with E-state index in [9.17, 15) is 2.81 Å². The van der Waals surface area contributed by atoms with Gasteiger partial charge in [-0.25, -0.2) is 0 Å². The SMILES string of the molecule is [F][Sb][c]1ccccc1. The number of rotatable bonds is 1. The average molecular weight is 218 g/mol. The third-order valence-corrected chi connectivity index (χ3v) is 2.26. The molecule has 1 aromatic carbocycles. The van der Waals surface area contributed by atoms with Crippen LogP contribution >= 0.6 is 0 Å². The van der Waals surface area contributed by atoms with Gasteiger partial charge < -0.3 is 0 Å². The Morgan fingerprint density at radius 2 is 1.75 bits per heavy atom. The molecule has 0 aliphatic heterocycles. The Balaban J connectivity index is 2.83. The van der Waals surface area contributed by atoms with Gasteiger partial charge in [-0.2, -0.15) is 0 Å². The number of hydrogen-bond acceptors (Lipinski definition) is 0. The fourth-order valence-corrected chi connectivity index (χ4v) is 1.30. The number of hydrogen-bond donors (Lipinski definition) is 0. The van der Waals surface area contributed by atoms with Crippen molar-refractivity contribution >= 4 is 25.7 Å². The molecule has 0 amide bonds. The first-order chi connectivity index (χ1) is 3.93. The summed E-state index contributed by atoms with van der Waals surface area (Å²) < 4.78 is 12.8. The Kier molecular flexibility index (Phi) is 2.35. The van der Waals surface area contributed by atoms with Gasteiger partial charge in [-0.15, -0.1) is 0 Å². The van der Waals surface area contributed by atoms with Crippen molar-refractivity contribution in [3.63, 3.8) is 0 Å². The van der Waals surface area contributed by atoms with Gasteiger partial charge in [-0.05, 0) is 0 Å². The summed E-state index contributed by atoms with van der Waals surface area (Å²) in [5, 5.41) is 0. The van der Waals surface area contributed by atoms with Crippen LogP contribution in [0, 0.1) is 0 Å². The molecule has 8 heavy (non-hydrogen) atoms. The summed E-state index contributed by atoms with van der Waals surface area (Å²) in [7, 11) is 0. The van der Waals surface area contributed by atoms with Gasteiger partial charge in [-0.1, -0.05) is 0 Å². The zero-order valence-corrected chi connectivity index (χ0v) is 6.76. The summed E-state index contributed by atoms with van der Waals surface area (Å²) in [6.07, 6.45) is 0. The van der Waals surface area contributed by atoms with Gasteiger partial charge in [0.15, 0.2) is 0 Å². The number of halogens is 1. The molecule has 0 heterocycles. The van der Waals surface area contributed by atoms with E-state index in [2.05, 4.69) is 0 Å². The first-order valence-corrected chi connectivity index (χ1v) is 4.54. The van der Waals surface area contributed by atoms with E-state index in [0.717, 1.165) is 3.51 Å². The van der Waals surface area contributed by atoms with E-state index in [4.69, 9.17) is 0 Å². The van der Waals surface area contributed by atoms with Crippen molar-refractivity contribution in [2.45, 2.75) is 0 Å². The molecule has 0 spiro atoms. The minimum atomic E-state index is -1.49. The molecule has 1 aromatic rings. The fraction of sp³-hybridized carbons (Fsp3) is 0. The predicted octanol–water partition coefficient (Wildman–Crippen LogP) is 0.901. The zero-order chi connectivity index (χ0) is 5.82. The molecular weight excluding hydrogens is 213 g/mol. The molecule has 0 nitrogen and oxygen atoms in total. The zero-order valence-electron chi connectivity index (χ0n) is 4.21. The molecule has 0 saturated carbocycles. The molecule has 0 N–H and O–H groups in total. The summed E-state index contributed by atoms with van der Waals surface area (Å²) in [5.74, 6) is 0. The van der Waals surface area contributed by atoms with Crippen molar-refractivity contribution < 1.29 is 2.81 Å². The van der Waals surface area contributed by atoms with Gasteiger partial charge in [-0.3, -0.25) is 0 Å². The molecule has 1 radical (unpaired) electrons. The van der Waals surface area contributed by atoms with E-state index in [-0.39, 0.29) is 0 Å². The van der Waals surface area contributed by atoms with Crippen LogP contribution in [0.15, 0.2) is 30.3 Å². The third-order valence-electron chi connectivity index (χ3n) is 0.854. The molecule has 0 aliphatic rings. The maximum absolute atomic E-state index is 11.9. The molecule has 0 saturated heterocycles. The van der Waals surface area contributed by atoms with E-state index in [1.807, 2.05) is 30.3 Å². The maximum atomic E-state index is 11.9. The normalized spacial score (nSPS) is 9.12. The molecule has 0 aromatic heterocycles. The van der Waals surface area contributed by atoms with Gasteiger partial charge in [0.1, 0.15) is 0 Å². The van der Waals surface area contributed by atoms with Gasteiger partial charge in [0.25, 0.3) is 0 Å². The van der Waals surface area contributed by atoms with Gasteiger partial charge >= 0.3 is 58.9 Å². The Morgan fingerprint density at radius 1 is 1.12 bits per heavy atom. The topological polar surface area (TPSA) is 0 Å². The van der Waals surface area contributed by atoms with E-state index in [0.29, 0.717) is 0 Å². The molecule has 0 aliphatic carbocycles. The van der Waals surface area contributed by atoms with Crippen molar-refractivity contribution in [3.8, 4) is 0 Å². The van der Waals surface area contributed by atoms with Crippen LogP contribution in [0.25, 0.3) is 0 Å². The van der Waals surface area contributed by atoms with Crippen molar-refractivity contribution in [1.82, 2.24) is 0 Å². The summed E-state index contributed by atoms with van der Waals surface area (Å²) in [6.45, 7) is 0. The Labute approximate surface area is 59.1 Å². The molecule has 0 unspecified atom stereocenters. The molecule has 0 bridgehead atoms. The van der Waals surface area contributed by atoms with Crippen LogP contribution in [-0.2, 0) is 0 Å². The second-order valence-corrected chi connectivity index (χ2v) is 3.38. The van der Waals surface area contributed by atoms with Crippen LogP contribution in [-0.4, -0.2) is 22.2 Å². The van der Waals surface area contributed by atoms with Crippen molar-refractivity contribution in [3.05, 3.63) is 30.3 Å². The van der Waals surface area contributed by atoms with Gasteiger partial charge in [0.05, 0.1) is 0 Å². The van der Waals surface area contributed by atoms with Crippen LogP contribution in [0.5, 0.6) is 0 Å². The average Bonchev–Trinajstić information content (AvgIpc) is 1.90. The van der Waals surface area contributed by atoms with Crippen LogP contribution < -0.4 is 3.51 Å². The second-order valence-electron chi connectivity index (χ2n) is 1.42. The Morgan fingerprint density at radius 3 is 2.12 bits per heavy atom. The Bertz CT molecular complexity index is 150. The van der Waals surface area contributed by atoms with Crippen LogP contribution in [0.3, 0.4) is 0 Å². The number of benzene rings is 1. The van der Waals surface area contributed by atoms with Crippen molar-refractivity contribution in [2.75, 3.05) is 0 Å². The van der Waals surface area contributed by atoms with E-state index in [1.54, 1.807) is 0 Å². The molecule has 0 fully saturated rings. The van der Waals surface area contributed by atoms with E-state index < -0.39 is 22.2 Å². The molecular formula is C6H5FSb. The summed E-state index contributed by atoms with van der Waals surface area (Å²) >= 11 is -1.49. The van der Waals surface area contributed by atoms with Crippen LogP contribution in [0.4, 0.5) is 2.81 Å². The van der Waals surface area contributed by atoms with E-state index >= 15 is 0 Å². The predicted molar refractivity (Wildman–Crippen MR) is 32.9 cm³/mol. The van der Waals surface area contributed by atoms with Gasteiger partial charge in [0.2, 0.25) is 0 Å². The third kappa shape index (κ3) is 1.48. The molecule has 2 heteroatoms. The molecule has 0 atom stereocenters. The summed E-state index contributed by atoms with van der Waals surface area (Å²) in [4.78, 5) is 0. The summed E-state index contributed by atoms with van der Waals surface area (Å²) in [5.41, 5.74) is 0. The minimum absolute atomic E-state index is 0.893. The molecule has 41 valence electrons. The molecule has 1 rings (SSSR count). The fourth-order valence-electron chi connectivity index (χ4n) is 0.484. The van der Waals surface area contributed by atoms with Crippen molar-refractivity contribution in [2.24, 2.45) is 0 Å². The van der Waals surface area contributed by atoms with Crippen molar-refractivity contribution in [1.29, 1.82) is 0 Å². The first-order valence-electron chi connectivity index (χ1n) is 2.30. The first kappa shape index (κ1) is 6.09. The summed E-state index contributed by atoms with van der Waals surface area (Å²) in [6, 6.07) is 9.29. The standard InChI is InChI=1S/C6H5.FH.Sb/c1-2-4-6-5-3-1;;/h1-5H;1H;/q;;+1/p-1. The Hall–Kier alpha value is -0.0318. The van der Waals surface area contributed by atoms with E-state index in [1.165, 1.54) is 0 Å². The van der Waals surface area contributed by atoms with Gasteiger partial charge in [0, 0.05) is 0 Å².